The molecule has 0 radical (unpaired) electrons. The monoisotopic (exact) mass is 349 g/mol. The van der Waals surface area contributed by atoms with Gasteiger partial charge in [-0.05, 0) is 36.1 Å². The molecule has 0 spiro atoms. The van der Waals surface area contributed by atoms with Crippen LogP contribution in [0, 0.1) is 6.92 Å². The first kappa shape index (κ1) is 17.7. The molecule has 0 saturated heterocycles. The fourth-order valence-electron chi connectivity index (χ4n) is 2.79. The van der Waals surface area contributed by atoms with E-state index in [1.54, 1.807) is 6.21 Å². The van der Waals surface area contributed by atoms with E-state index in [1.807, 2.05) is 55.6 Å². The number of carbonyl (C=O) groups excluding carboxylic acids is 1. The maximum absolute atomic E-state index is 12.0. The molecule has 1 heterocycles. The fourth-order valence-corrected chi connectivity index (χ4v) is 2.79. The van der Waals surface area contributed by atoms with Crippen molar-refractivity contribution >= 4 is 23.0 Å². The molecule has 1 aromatic heterocycles. The molecule has 0 fully saturated rings. The maximum Gasteiger partial charge on any atom is 0.277 e. The molecular formula is C21H23N3O2. The predicted octanol–water partition coefficient (Wildman–Crippen LogP) is 4.13. The summed E-state index contributed by atoms with van der Waals surface area (Å²) in [7, 11) is 0. The number of benzene rings is 2. The number of hydrazone groups is 1. The molecule has 0 unspecified atom stereocenters. The summed E-state index contributed by atoms with van der Waals surface area (Å²) < 4.78 is 5.71. The number of H-pyrrole nitrogens is 1. The summed E-state index contributed by atoms with van der Waals surface area (Å²) in [5, 5.41) is 5.09. The third kappa shape index (κ3) is 4.11. The molecule has 0 aliphatic rings. The van der Waals surface area contributed by atoms with Gasteiger partial charge >= 0.3 is 0 Å². The van der Waals surface area contributed by atoms with E-state index >= 15 is 0 Å². The van der Waals surface area contributed by atoms with Gasteiger partial charge in [-0.25, -0.2) is 5.43 Å². The van der Waals surface area contributed by atoms with Crippen LogP contribution in [0.3, 0.4) is 0 Å². The van der Waals surface area contributed by atoms with E-state index in [1.165, 1.54) is 0 Å². The molecule has 3 rings (SSSR count). The van der Waals surface area contributed by atoms with Gasteiger partial charge in [0, 0.05) is 22.7 Å². The van der Waals surface area contributed by atoms with Gasteiger partial charge in [-0.1, -0.05) is 44.2 Å². The number of hydrogen-bond acceptors (Lipinski definition) is 3. The highest BCUT2D eigenvalue weighted by molar-refractivity contribution is 5.99. The second-order valence-corrected chi connectivity index (χ2v) is 6.57. The van der Waals surface area contributed by atoms with Crippen LogP contribution in [0.5, 0.6) is 5.75 Å². The Morgan fingerprint density at radius 3 is 2.88 bits per heavy atom. The molecule has 1 amide bonds. The Labute approximate surface area is 153 Å². The number of rotatable bonds is 6. The van der Waals surface area contributed by atoms with E-state index in [0.29, 0.717) is 5.92 Å². The molecule has 26 heavy (non-hydrogen) atoms. The standard InChI is InChI=1S/C21H23N3O2/c1-14(2)17-9-8-15(3)10-20(17)26-13-21(25)24-23-12-16-11-22-19-7-5-4-6-18(16)19/h4-12,14,22H,13H2,1-3H3,(H,24,25)/b23-12-. The molecule has 0 bridgehead atoms. The number of aryl methyl sites for hydroxylation is 1. The highest BCUT2D eigenvalue weighted by Gasteiger charge is 2.10. The quantitative estimate of drug-likeness (QED) is 0.519. The summed E-state index contributed by atoms with van der Waals surface area (Å²) in [6, 6.07) is 14.0. The molecule has 0 saturated carbocycles. The number of amides is 1. The molecule has 0 atom stereocenters. The summed E-state index contributed by atoms with van der Waals surface area (Å²) in [6.45, 7) is 6.13. The van der Waals surface area contributed by atoms with Gasteiger partial charge in [-0.2, -0.15) is 5.10 Å². The van der Waals surface area contributed by atoms with Crippen LogP contribution in [-0.4, -0.2) is 23.7 Å². The van der Waals surface area contributed by atoms with Crippen LogP contribution in [0.15, 0.2) is 53.8 Å². The first-order valence-electron chi connectivity index (χ1n) is 8.66. The van der Waals surface area contributed by atoms with Gasteiger partial charge in [-0.3, -0.25) is 4.79 Å². The van der Waals surface area contributed by atoms with Crippen molar-refractivity contribution in [2.75, 3.05) is 6.61 Å². The number of hydrogen-bond donors (Lipinski definition) is 2. The van der Waals surface area contributed by atoms with E-state index in [4.69, 9.17) is 4.74 Å². The third-order valence-corrected chi connectivity index (χ3v) is 4.16. The molecule has 2 aromatic carbocycles. The lowest BCUT2D eigenvalue weighted by Gasteiger charge is -2.14. The summed E-state index contributed by atoms with van der Waals surface area (Å²) in [5.41, 5.74) is 6.65. The van der Waals surface area contributed by atoms with Gasteiger partial charge in [0.05, 0.1) is 6.21 Å². The summed E-state index contributed by atoms with van der Waals surface area (Å²) in [5.74, 6) is 0.779. The Hall–Kier alpha value is -3.08. The highest BCUT2D eigenvalue weighted by Crippen LogP contribution is 2.27. The Morgan fingerprint density at radius 2 is 2.08 bits per heavy atom. The van der Waals surface area contributed by atoms with Crippen LogP contribution in [0.2, 0.25) is 0 Å². The first-order valence-corrected chi connectivity index (χ1v) is 8.66. The third-order valence-electron chi connectivity index (χ3n) is 4.16. The molecular weight excluding hydrogens is 326 g/mol. The van der Waals surface area contributed by atoms with Crippen molar-refractivity contribution < 1.29 is 9.53 Å². The maximum atomic E-state index is 12.0. The van der Waals surface area contributed by atoms with Crippen LogP contribution in [0.25, 0.3) is 10.9 Å². The van der Waals surface area contributed by atoms with Crippen LogP contribution in [0.1, 0.15) is 36.5 Å². The van der Waals surface area contributed by atoms with Crippen LogP contribution in [-0.2, 0) is 4.79 Å². The lowest BCUT2D eigenvalue weighted by Crippen LogP contribution is -2.25. The molecule has 0 aliphatic carbocycles. The number of nitrogens with one attached hydrogen (secondary N) is 2. The van der Waals surface area contributed by atoms with E-state index in [9.17, 15) is 4.79 Å². The van der Waals surface area contributed by atoms with Crippen molar-refractivity contribution in [3.8, 4) is 5.75 Å². The van der Waals surface area contributed by atoms with Crippen LogP contribution >= 0.6 is 0 Å². The van der Waals surface area contributed by atoms with Crippen molar-refractivity contribution in [3.63, 3.8) is 0 Å². The van der Waals surface area contributed by atoms with Crippen molar-refractivity contribution in [3.05, 3.63) is 65.4 Å². The minimum Gasteiger partial charge on any atom is -0.483 e. The number of aromatic amines is 1. The minimum atomic E-state index is -0.294. The Morgan fingerprint density at radius 1 is 1.27 bits per heavy atom. The largest absolute Gasteiger partial charge is 0.483 e. The van der Waals surface area contributed by atoms with Crippen molar-refractivity contribution in [1.82, 2.24) is 10.4 Å². The second kappa shape index (κ2) is 7.87. The average molecular weight is 349 g/mol. The van der Waals surface area contributed by atoms with Crippen LogP contribution in [0.4, 0.5) is 0 Å². The van der Waals surface area contributed by atoms with Gasteiger partial charge in [0.1, 0.15) is 5.75 Å². The number of ether oxygens (including phenoxy) is 1. The Balaban J connectivity index is 1.59. The van der Waals surface area contributed by atoms with Crippen molar-refractivity contribution in [2.45, 2.75) is 26.7 Å². The number of fused-ring (bicyclic) bond motifs is 1. The predicted molar refractivity (Wildman–Crippen MR) is 105 cm³/mol. The minimum absolute atomic E-state index is 0.0750. The number of para-hydroxylation sites is 1. The number of carbonyl (C=O) groups is 1. The van der Waals surface area contributed by atoms with Crippen molar-refractivity contribution in [2.24, 2.45) is 5.10 Å². The van der Waals surface area contributed by atoms with Gasteiger partial charge < -0.3 is 9.72 Å². The topological polar surface area (TPSA) is 66.5 Å². The zero-order valence-electron chi connectivity index (χ0n) is 15.2. The van der Waals surface area contributed by atoms with Gasteiger partial charge in [0.15, 0.2) is 6.61 Å². The van der Waals surface area contributed by atoms with E-state index < -0.39 is 0 Å². The molecule has 3 aromatic rings. The summed E-state index contributed by atoms with van der Waals surface area (Å²) in [6.07, 6.45) is 3.49. The number of nitrogens with zero attached hydrogens (tertiary/aromatic N) is 1. The zero-order chi connectivity index (χ0) is 18.5. The van der Waals surface area contributed by atoms with Gasteiger partial charge in [0.2, 0.25) is 0 Å². The van der Waals surface area contributed by atoms with Gasteiger partial charge in [-0.15, -0.1) is 0 Å². The molecule has 5 heteroatoms. The van der Waals surface area contributed by atoms with E-state index in [0.717, 1.165) is 33.3 Å². The lowest BCUT2D eigenvalue weighted by molar-refractivity contribution is -0.123. The lowest BCUT2D eigenvalue weighted by atomic mass is 10.0. The first-order chi connectivity index (χ1) is 12.5. The molecule has 0 aliphatic heterocycles. The fraction of sp³-hybridized carbons (Fsp3) is 0.238. The van der Waals surface area contributed by atoms with E-state index in [2.05, 4.69) is 29.4 Å². The Kier molecular flexibility index (Phi) is 5.37. The van der Waals surface area contributed by atoms with E-state index in [-0.39, 0.29) is 12.5 Å². The SMILES string of the molecule is Cc1ccc(C(C)C)c(OCC(=O)N/N=C\c2c[nH]c3ccccc23)c1. The summed E-state index contributed by atoms with van der Waals surface area (Å²) in [4.78, 5) is 15.2. The molecule has 5 nitrogen and oxygen atoms in total. The summed E-state index contributed by atoms with van der Waals surface area (Å²) >= 11 is 0. The second-order valence-electron chi connectivity index (χ2n) is 6.57. The average Bonchev–Trinajstić information content (AvgIpc) is 3.03. The molecule has 2 N–H and O–H groups in total. The number of aromatic nitrogens is 1. The smallest absolute Gasteiger partial charge is 0.277 e. The molecule has 134 valence electrons. The van der Waals surface area contributed by atoms with Crippen LogP contribution < -0.4 is 10.2 Å². The van der Waals surface area contributed by atoms with Gasteiger partial charge in [0.25, 0.3) is 5.91 Å². The zero-order valence-corrected chi connectivity index (χ0v) is 15.2. The van der Waals surface area contributed by atoms with Crippen molar-refractivity contribution in [1.29, 1.82) is 0 Å². The Bertz CT molecular complexity index is 941. The normalized spacial score (nSPS) is 11.4. The highest BCUT2D eigenvalue weighted by atomic mass is 16.5.